The number of hydrogen-bond acceptors (Lipinski definition) is 2. The molecule has 2 aliphatic rings. The monoisotopic (exact) mass is 243 g/mol. The van der Waals surface area contributed by atoms with E-state index in [9.17, 15) is 4.79 Å². The first-order valence-electron chi connectivity index (χ1n) is 7.07. The number of Topliss-reactive ketones (excluding diaryl/α,β-unsaturated/α-hetero) is 1. The Bertz CT molecular complexity index is 436. The largest absolute Gasteiger partial charge is 0.297 e. The lowest BCUT2D eigenvalue weighted by Gasteiger charge is -2.52. The molecule has 2 heteroatoms. The third-order valence-corrected chi connectivity index (χ3v) is 4.51. The lowest BCUT2D eigenvalue weighted by atomic mass is 9.72. The van der Waals surface area contributed by atoms with Gasteiger partial charge in [0.2, 0.25) is 0 Å². The second-order valence-corrected chi connectivity index (χ2v) is 5.87. The Morgan fingerprint density at radius 1 is 1.17 bits per heavy atom. The first kappa shape index (κ1) is 11.9. The number of carbonyl (C=O) groups excluding carboxylic acids is 1. The molecule has 0 aromatic heterocycles. The predicted octanol–water partition coefficient (Wildman–Crippen LogP) is 2.98. The van der Waals surface area contributed by atoms with Crippen molar-refractivity contribution < 1.29 is 4.79 Å². The van der Waals surface area contributed by atoms with Gasteiger partial charge in [-0.05, 0) is 24.3 Å². The normalized spacial score (nSPS) is 30.2. The van der Waals surface area contributed by atoms with Gasteiger partial charge in [-0.3, -0.25) is 9.69 Å². The second kappa shape index (κ2) is 4.51. The minimum Gasteiger partial charge on any atom is -0.297 e. The first-order valence-corrected chi connectivity index (χ1v) is 7.07. The molecule has 1 aromatic carbocycles. The molecular weight excluding hydrogens is 222 g/mol. The maximum atomic E-state index is 12.6. The topological polar surface area (TPSA) is 20.3 Å². The van der Waals surface area contributed by atoms with E-state index in [1.54, 1.807) is 0 Å². The summed E-state index contributed by atoms with van der Waals surface area (Å²) in [6.07, 6.45) is 3.99. The summed E-state index contributed by atoms with van der Waals surface area (Å²) in [6, 6.07) is 10.4. The van der Waals surface area contributed by atoms with Gasteiger partial charge >= 0.3 is 0 Å². The van der Waals surface area contributed by atoms with Gasteiger partial charge in [0.1, 0.15) is 5.54 Å². The predicted molar refractivity (Wildman–Crippen MR) is 72.3 cm³/mol. The molecular formula is C16H21NO. The Kier molecular flexibility index (Phi) is 2.98. The maximum absolute atomic E-state index is 12.6. The number of carbonyl (C=O) groups is 1. The number of likely N-dealkylation sites (tertiary alicyclic amines) is 1. The number of hydrogen-bond donors (Lipinski definition) is 0. The Balaban J connectivity index is 2.00. The molecule has 0 spiro atoms. The summed E-state index contributed by atoms with van der Waals surface area (Å²) >= 11 is 0. The van der Waals surface area contributed by atoms with Gasteiger partial charge in [0.15, 0.2) is 5.78 Å². The van der Waals surface area contributed by atoms with Crippen molar-refractivity contribution in [3.63, 3.8) is 0 Å². The number of nitrogens with zero attached hydrogens (tertiary/aromatic N) is 1. The molecule has 1 saturated heterocycles. The number of rotatable bonds is 2. The highest BCUT2D eigenvalue weighted by atomic mass is 16.1. The Labute approximate surface area is 109 Å². The number of ketones is 1. The Morgan fingerprint density at radius 3 is 2.50 bits per heavy atom. The SMILES string of the molecule is CC1CN(C2(c3ccccc3)CCCCC2=O)C1. The van der Waals surface area contributed by atoms with Gasteiger partial charge in [-0.15, -0.1) is 0 Å². The quantitative estimate of drug-likeness (QED) is 0.796. The summed E-state index contributed by atoms with van der Waals surface area (Å²) in [5.74, 6) is 1.17. The van der Waals surface area contributed by atoms with E-state index < -0.39 is 0 Å². The summed E-state index contributed by atoms with van der Waals surface area (Å²) in [5.41, 5.74) is 0.910. The molecule has 1 unspecified atom stereocenters. The van der Waals surface area contributed by atoms with Crippen molar-refractivity contribution in [2.45, 2.75) is 38.1 Å². The fourth-order valence-corrected chi connectivity index (χ4v) is 3.56. The molecule has 3 rings (SSSR count). The summed E-state index contributed by atoms with van der Waals surface area (Å²) in [4.78, 5) is 15.0. The second-order valence-electron chi connectivity index (χ2n) is 5.87. The van der Waals surface area contributed by atoms with Crippen LogP contribution in [0.5, 0.6) is 0 Å². The molecule has 1 saturated carbocycles. The molecule has 96 valence electrons. The minimum absolute atomic E-state index is 0.300. The summed E-state index contributed by atoms with van der Waals surface area (Å²) in [5, 5.41) is 0. The zero-order valence-corrected chi connectivity index (χ0v) is 11.1. The molecule has 2 fully saturated rings. The van der Waals surface area contributed by atoms with Gasteiger partial charge in [-0.2, -0.15) is 0 Å². The molecule has 1 heterocycles. The zero-order valence-electron chi connectivity index (χ0n) is 11.1. The van der Waals surface area contributed by atoms with E-state index in [1.807, 2.05) is 6.07 Å². The average Bonchev–Trinajstić information content (AvgIpc) is 2.37. The Morgan fingerprint density at radius 2 is 1.89 bits per heavy atom. The highest BCUT2D eigenvalue weighted by Crippen LogP contribution is 2.43. The highest BCUT2D eigenvalue weighted by Gasteiger charge is 2.49. The number of benzene rings is 1. The molecule has 2 nitrogen and oxygen atoms in total. The fourth-order valence-electron chi connectivity index (χ4n) is 3.56. The van der Waals surface area contributed by atoms with Crippen molar-refractivity contribution in [2.75, 3.05) is 13.1 Å². The smallest absolute Gasteiger partial charge is 0.157 e. The molecule has 0 radical (unpaired) electrons. The molecule has 18 heavy (non-hydrogen) atoms. The molecule has 1 atom stereocenters. The lowest BCUT2D eigenvalue weighted by Crippen LogP contribution is -2.61. The van der Waals surface area contributed by atoms with Gasteiger partial charge in [0.05, 0.1) is 0 Å². The molecule has 1 aliphatic carbocycles. The van der Waals surface area contributed by atoms with E-state index in [2.05, 4.69) is 36.1 Å². The third kappa shape index (κ3) is 1.71. The van der Waals surface area contributed by atoms with Crippen LogP contribution in [-0.4, -0.2) is 23.8 Å². The molecule has 0 amide bonds. The zero-order chi connectivity index (χ0) is 12.6. The molecule has 1 aromatic rings. The van der Waals surface area contributed by atoms with E-state index >= 15 is 0 Å². The van der Waals surface area contributed by atoms with Crippen molar-refractivity contribution in [3.8, 4) is 0 Å². The van der Waals surface area contributed by atoms with Crippen LogP contribution in [0.15, 0.2) is 30.3 Å². The van der Waals surface area contributed by atoms with Crippen LogP contribution in [0.3, 0.4) is 0 Å². The molecule has 0 bridgehead atoms. The van der Waals surface area contributed by atoms with Gasteiger partial charge in [0.25, 0.3) is 0 Å². The van der Waals surface area contributed by atoms with Gasteiger partial charge in [-0.25, -0.2) is 0 Å². The average molecular weight is 243 g/mol. The summed E-state index contributed by atoms with van der Waals surface area (Å²) in [6.45, 7) is 4.41. The van der Waals surface area contributed by atoms with E-state index in [0.29, 0.717) is 5.78 Å². The van der Waals surface area contributed by atoms with Crippen LogP contribution >= 0.6 is 0 Å². The van der Waals surface area contributed by atoms with Gasteiger partial charge in [0, 0.05) is 19.5 Å². The van der Waals surface area contributed by atoms with Crippen molar-refractivity contribution in [2.24, 2.45) is 5.92 Å². The standard InChI is InChI=1S/C16H21NO/c1-13-11-17(12-13)16(10-6-5-9-15(16)18)14-7-3-2-4-8-14/h2-4,7-8,13H,5-6,9-12H2,1H3. The maximum Gasteiger partial charge on any atom is 0.157 e. The van der Waals surface area contributed by atoms with Crippen LogP contribution in [0.1, 0.15) is 38.2 Å². The summed E-state index contributed by atoms with van der Waals surface area (Å²) < 4.78 is 0. The van der Waals surface area contributed by atoms with Crippen molar-refractivity contribution in [1.82, 2.24) is 4.90 Å². The van der Waals surface area contributed by atoms with Gasteiger partial charge in [-0.1, -0.05) is 43.7 Å². The van der Waals surface area contributed by atoms with E-state index in [1.165, 1.54) is 12.0 Å². The van der Waals surface area contributed by atoms with Crippen LogP contribution < -0.4 is 0 Å². The minimum atomic E-state index is -0.300. The van der Waals surface area contributed by atoms with Gasteiger partial charge < -0.3 is 0 Å². The first-order chi connectivity index (χ1) is 8.73. The van der Waals surface area contributed by atoms with E-state index in [4.69, 9.17) is 0 Å². The van der Waals surface area contributed by atoms with Crippen LogP contribution in [0.25, 0.3) is 0 Å². The summed E-state index contributed by atoms with van der Waals surface area (Å²) in [7, 11) is 0. The lowest BCUT2D eigenvalue weighted by molar-refractivity contribution is -0.141. The highest BCUT2D eigenvalue weighted by molar-refractivity contribution is 5.90. The third-order valence-electron chi connectivity index (χ3n) is 4.51. The molecule has 1 aliphatic heterocycles. The van der Waals surface area contributed by atoms with Crippen molar-refractivity contribution >= 4 is 5.78 Å². The molecule has 0 N–H and O–H groups in total. The van der Waals surface area contributed by atoms with Crippen LogP contribution in [0, 0.1) is 5.92 Å². The Hall–Kier alpha value is -1.15. The fraction of sp³-hybridized carbons (Fsp3) is 0.562. The van der Waals surface area contributed by atoms with Crippen molar-refractivity contribution in [1.29, 1.82) is 0 Å². The van der Waals surface area contributed by atoms with Crippen LogP contribution in [-0.2, 0) is 10.3 Å². The van der Waals surface area contributed by atoms with Crippen LogP contribution in [0.2, 0.25) is 0 Å². The van der Waals surface area contributed by atoms with E-state index in [-0.39, 0.29) is 5.54 Å². The van der Waals surface area contributed by atoms with Crippen LogP contribution in [0.4, 0.5) is 0 Å². The van der Waals surface area contributed by atoms with E-state index in [0.717, 1.165) is 38.3 Å². The van der Waals surface area contributed by atoms with Crippen molar-refractivity contribution in [3.05, 3.63) is 35.9 Å².